The molecule has 5 bridgehead atoms. The molecule has 6 fully saturated rings. The lowest BCUT2D eigenvalue weighted by Gasteiger charge is -2.62. The predicted molar refractivity (Wildman–Crippen MR) is 269 cm³/mol. The highest BCUT2D eigenvalue weighted by Gasteiger charge is 2.76. The zero-order valence-corrected chi connectivity index (χ0v) is 41.5. The molecule has 1 saturated carbocycles. The van der Waals surface area contributed by atoms with Gasteiger partial charge in [0.2, 0.25) is 10.0 Å². The van der Waals surface area contributed by atoms with E-state index in [1.54, 1.807) is 0 Å². The number of aliphatic hydroxyl groups excluding tert-OH is 2. The molecule has 364 valence electrons. The van der Waals surface area contributed by atoms with Crippen molar-refractivity contribution in [2.75, 3.05) is 59.3 Å². The molecule has 0 radical (unpaired) electrons. The van der Waals surface area contributed by atoms with Crippen LogP contribution in [0.3, 0.4) is 0 Å². The number of hydrogen-bond donors (Lipinski definition) is 4. The Balaban J connectivity index is 0.000000128. The molecule has 5 saturated heterocycles. The fraction of sp³-hybridized carbons (Fsp3) is 0.509. The molecule has 0 aromatic heterocycles. The van der Waals surface area contributed by atoms with Gasteiger partial charge in [0.15, 0.2) is 0 Å². The molecule has 1 amide bonds. The number of methoxy groups -OCH3 is 1. The summed E-state index contributed by atoms with van der Waals surface area (Å²) in [5, 5.41) is 30.6. The number of amides is 1. The number of likely N-dealkylation sites (tertiary alicyclic amines) is 1. The Labute approximate surface area is 404 Å². The van der Waals surface area contributed by atoms with Gasteiger partial charge >= 0.3 is 0 Å². The van der Waals surface area contributed by atoms with E-state index in [-0.39, 0.29) is 34.1 Å². The molecule has 4 aromatic rings. The summed E-state index contributed by atoms with van der Waals surface area (Å²) < 4.78 is 28.1. The van der Waals surface area contributed by atoms with Gasteiger partial charge in [-0.2, -0.15) is 0 Å². The third kappa shape index (κ3) is 8.49. The molecule has 11 atom stereocenters. The third-order valence-corrected chi connectivity index (χ3v) is 17.7. The third-order valence-electron chi connectivity index (χ3n) is 16.8. The monoisotopic (exact) mass is 945 g/mol. The second kappa shape index (κ2) is 19.7. The van der Waals surface area contributed by atoms with Crippen molar-refractivity contribution in [2.24, 2.45) is 22.9 Å². The minimum Gasteiger partial charge on any atom is -0.496 e. The van der Waals surface area contributed by atoms with Crippen LogP contribution in [0, 0.1) is 17.8 Å². The van der Waals surface area contributed by atoms with Gasteiger partial charge < -0.3 is 30.1 Å². The van der Waals surface area contributed by atoms with E-state index in [4.69, 9.17) is 9.88 Å². The maximum Gasteiger partial charge on any atom is 0.255 e. The normalized spacial score (nSPS) is 30.3. The van der Waals surface area contributed by atoms with Crippen LogP contribution in [0.1, 0.15) is 90.5 Å². The van der Waals surface area contributed by atoms with E-state index in [0.29, 0.717) is 54.2 Å². The number of benzene rings is 4. The van der Waals surface area contributed by atoms with Gasteiger partial charge in [-0.25, -0.2) is 13.6 Å². The Morgan fingerprint density at radius 1 is 0.956 bits per heavy atom. The number of carbonyl (C=O) groups is 1. The molecule has 1 spiro atoms. The second-order valence-corrected chi connectivity index (χ2v) is 21.9. The van der Waals surface area contributed by atoms with Crippen LogP contribution in [-0.2, 0) is 28.3 Å². The Morgan fingerprint density at radius 2 is 1.63 bits per heavy atom. The number of carbonyl (C=O) groups excluding carboxylic acids is 1. The lowest BCUT2D eigenvalue weighted by molar-refractivity contribution is -0.211. The summed E-state index contributed by atoms with van der Waals surface area (Å²) >= 11 is 0. The number of likely N-dealkylation sites (N-methyl/N-ethyl adjacent to an activating group) is 2. The minimum atomic E-state index is -3.87. The van der Waals surface area contributed by atoms with E-state index >= 15 is 0 Å². The molecule has 6 aliphatic heterocycles. The Kier molecular flexibility index (Phi) is 14.0. The number of nitrogens with one attached hydrogen (secondary N) is 1. The number of hydrogen-bond acceptors (Lipinski definition) is 10. The number of aryl methyl sites for hydroxylation is 2. The molecule has 6 heterocycles. The molecule has 12 nitrogen and oxygen atoms in total. The topological polar surface area (TPSA) is 152 Å². The minimum absolute atomic E-state index is 0.112. The van der Waals surface area contributed by atoms with Crippen LogP contribution in [0.25, 0.3) is 5.57 Å². The number of piperidine rings is 4. The van der Waals surface area contributed by atoms with Gasteiger partial charge in [-0.15, -0.1) is 0 Å². The second-order valence-electron chi connectivity index (χ2n) is 20.4. The first-order valence-corrected chi connectivity index (χ1v) is 26.5. The number of anilines is 1. The summed E-state index contributed by atoms with van der Waals surface area (Å²) in [5.41, 5.74) is 9.89. The molecular formula is C55H72N6O6S. The van der Waals surface area contributed by atoms with Crippen molar-refractivity contribution in [1.82, 2.24) is 20.0 Å². The smallest absolute Gasteiger partial charge is 0.255 e. The SMILES string of the molecule is CCN1CCCC1CNC(=O)c1cc(S(N)(=O)=O)ccc1OC.CC[C@H]1[C@@H]2C[C@H]3[C@@H]4N(C)c5ccccc5[C@]45C[C@@H](C2[C@H]5O)N3[C@@H]1O.CN(C)CCC=C1c2ccccc2CCc2ccccc21. The Hall–Kier alpha value is -4.60. The van der Waals surface area contributed by atoms with Crippen molar-refractivity contribution in [2.45, 2.75) is 112 Å². The Bertz CT molecular complexity index is 2570. The fourth-order valence-electron chi connectivity index (χ4n) is 13.9. The van der Waals surface area contributed by atoms with Crippen LogP contribution in [0.5, 0.6) is 5.75 Å². The average Bonchev–Trinajstić information content (AvgIpc) is 3.93. The van der Waals surface area contributed by atoms with E-state index in [1.165, 1.54) is 64.4 Å². The standard InChI is InChI=1S/C20H26N2O2.C20H23N.C15H23N3O4S/c1-3-10-11-8-14-17-20(12-6-4-5-7-13(12)21(17)2)9-15(16(11)18(20)23)22(14)19(10)24;1-21(2)15-7-12-20-18-10-5-3-8-16(18)13-14-17-9-4-6-11-19(17)20;1-3-18-8-4-5-11(18)10-17-15(19)13-9-12(23(16,20)21)6-7-14(13)22-2/h4-7,10-11,14-19,23-24H,3,8-9H2,1-2H3;3-6,8-12H,7,13-15H2,1-2H3;6-7,9,11H,3-5,8,10H2,1-2H3,(H,17,19)(H2,16,20,21)/t10-,11-,14-,15-,16?,17-,18+,19+,20+;;/m0../s1. The van der Waals surface area contributed by atoms with Gasteiger partial charge in [-0.1, -0.05) is 86.7 Å². The van der Waals surface area contributed by atoms with E-state index < -0.39 is 10.0 Å². The predicted octanol–water partition coefficient (Wildman–Crippen LogP) is 6.28. The first kappa shape index (κ1) is 48.4. The number of nitrogens with two attached hydrogens (primary N) is 1. The number of para-hydroxylation sites is 1. The van der Waals surface area contributed by atoms with Crippen molar-refractivity contribution >= 4 is 27.2 Å². The van der Waals surface area contributed by atoms with Crippen LogP contribution in [0.15, 0.2) is 102 Å². The quantitative estimate of drug-likeness (QED) is 0.143. The summed E-state index contributed by atoms with van der Waals surface area (Å²) in [5.74, 6) is 1.08. The first-order valence-electron chi connectivity index (χ1n) is 24.9. The van der Waals surface area contributed by atoms with E-state index in [0.717, 1.165) is 71.0 Å². The van der Waals surface area contributed by atoms with Gasteiger partial charge in [0, 0.05) is 61.2 Å². The van der Waals surface area contributed by atoms with Gasteiger partial charge in [0.25, 0.3) is 5.91 Å². The molecular weight excluding hydrogens is 873 g/mol. The van der Waals surface area contributed by atoms with Crippen LogP contribution >= 0.6 is 0 Å². The summed E-state index contributed by atoms with van der Waals surface area (Å²) in [4.78, 5) is 21.7. The zero-order chi connectivity index (χ0) is 48.1. The zero-order valence-electron chi connectivity index (χ0n) is 40.7. The maximum atomic E-state index is 12.4. The number of rotatable bonds is 10. The molecule has 13 heteroatoms. The van der Waals surface area contributed by atoms with Gasteiger partial charge in [-0.3, -0.25) is 14.6 Å². The number of aliphatic hydroxyl groups is 2. The molecule has 4 aromatic carbocycles. The van der Waals surface area contributed by atoms with E-state index in [1.807, 2.05) is 0 Å². The molecule has 5 N–H and O–H groups in total. The van der Waals surface area contributed by atoms with Crippen LogP contribution in [-0.4, -0.2) is 130 Å². The van der Waals surface area contributed by atoms with Crippen molar-refractivity contribution in [3.05, 3.63) is 130 Å². The van der Waals surface area contributed by atoms with Crippen LogP contribution in [0.2, 0.25) is 0 Å². The largest absolute Gasteiger partial charge is 0.496 e. The number of sulfonamides is 1. The number of fused-ring (bicyclic) bond motifs is 4. The molecule has 12 rings (SSSR count). The van der Waals surface area contributed by atoms with Crippen molar-refractivity contribution in [3.8, 4) is 5.75 Å². The molecule has 8 aliphatic rings. The Morgan fingerprint density at radius 3 is 2.28 bits per heavy atom. The lowest BCUT2D eigenvalue weighted by Crippen LogP contribution is -2.72. The van der Waals surface area contributed by atoms with Crippen molar-refractivity contribution in [3.63, 3.8) is 0 Å². The average molecular weight is 945 g/mol. The fourth-order valence-corrected chi connectivity index (χ4v) is 14.4. The highest BCUT2D eigenvalue weighted by molar-refractivity contribution is 7.89. The number of ether oxygens (including phenoxy) is 1. The molecule has 68 heavy (non-hydrogen) atoms. The molecule has 3 unspecified atom stereocenters. The van der Waals surface area contributed by atoms with E-state index in [9.17, 15) is 23.4 Å². The summed E-state index contributed by atoms with van der Waals surface area (Å²) in [6.45, 7) is 7.89. The molecule has 2 aliphatic carbocycles. The van der Waals surface area contributed by atoms with Gasteiger partial charge in [-0.05, 0) is 142 Å². The summed E-state index contributed by atoms with van der Waals surface area (Å²) in [7, 11) is 4.01. The van der Waals surface area contributed by atoms with E-state index in [2.05, 4.69) is 139 Å². The lowest BCUT2D eigenvalue weighted by atomic mass is 9.62. The number of primary sulfonamides is 1. The highest BCUT2D eigenvalue weighted by Crippen LogP contribution is 2.69. The number of nitrogens with zero attached hydrogens (tertiary/aromatic N) is 4. The summed E-state index contributed by atoms with van der Waals surface area (Å²) in [6.07, 6.45) is 10.5. The van der Waals surface area contributed by atoms with Gasteiger partial charge in [0.1, 0.15) is 12.0 Å². The summed E-state index contributed by atoms with van der Waals surface area (Å²) in [6, 6.07) is 31.8. The van der Waals surface area contributed by atoms with Crippen LogP contribution < -0.4 is 20.1 Å². The highest BCUT2D eigenvalue weighted by atomic mass is 32.2. The van der Waals surface area contributed by atoms with Crippen molar-refractivity contribution in [1.29, 1.82) is 0 Å². The maximum absolute atomic E-state index is 12.4. The van der Waals surface area contributed by atoms with Gasteiger partial charge in [0.05, 0.1) is 29.7 Å². The van der Waals surface area contributed by atoms with Crippen LogP contribution in [0.4, 0.5) is 5.69 Å². The van der Waals surface area contributed by atoms with Crippen molar-refractivity contribution < 1.29 is 28.2 Å². The first-order chi connectivity index (χ1) is 32.7.